The zero-order valence-electron chi connectivity index (χ0n) is 10.6. The largest absolute Gasteiger partial charge is 0.534 e. The molecule has 1 aromatic rings. The lowest BCUT2D eigenvalue weighted by molar-refractivity contribution is -0.0919. The van der Waals surface area contributed by atoms with E-state index in [1.807, 2.05) is 0 Å². The van der Waals surface area contributed by atoms with Gasteiger partial charge in [-0.05, 0) is 19.1 Å². The maximum absolute atomic E-state index is 12.7. The van der Waals surface area contributed by atoms with Gasteiger partial charge in [0.05, 0.1) is 5.57 Å². The first-order chi connectivity index (χ1) is 9.75. The molecule has 22 heavy (non-hydrogen) atoms. The number of hydrogen-bond acceptors (Lipinski definition) is 3. The van der Waals surface area contributed by atoms with Gasteiger partial charge >= 0.3 is 21.8 Å². The highest BCUT2D eigenvalue weighted by Gasteiger charge is 2.50. The van der Waals surface area contributed by atoms with Crippen LogP contribution in [0.15, 0.2) is 34.3 Å². The van der Waals surface area contributed by atoms with Crippen molar-refractivity contribution in [1.82, 2.24) is 0 Å². The van der Waals surface area contributed by atoms with Gasteiger partial charge < -0.3 is 4.18 Å². The number of alkyl halides is 6. The second kappa shape index (κ2) is 6.11. The maximum atomic E-state index is 12.7. The molecule has 0 saturated heterocycles. The van der Waals surface area contributed by atoms with E-state index in [1.54, 1.807) is 0 Å². The molecule has 0 amide bonds. The molecule has 11 heteroatoms. The van der Waals surface area contributed by atoms with Crippen LogP contribution in [0.2, 0.25) is 0 Å². The molecular formula is C11H7BrF6O3S. The maximum Gasteiger partial charge on any atom is 0.534 e. The summed E-state index contributed by atoms with van der Waals surface area (Å²) < 4.78 is 101. The van der Waals surface area contributed by atoms with Crippen LogP contribution in [0.4, 0.5) is 26.3 Å². The molecule has 0 unspecified atom stereocenters. The summed E-state index contributed by atoms with van der Waals surface area (Å²) in [6.07, 6.45) is -5.07. The Morgan fingerprint density at radius 2 is 1.50 bits per heavy atom. The van der Waals surface area contributed by atoms with Crippen molar-refractivity contribution in [2.45, 2.75) is 18.6 Å². The van der Waals surface area contributed by atoms with Crippen molar-refractivity contribution in [3.8, 4) is 0 Å². The van der Waals surface area contributed by atoms with E-state index in [0.29, 0.717) is 11.4 Å². The normalized spacial score (nSPS) is 14.5. The van der Waals surface area contributed by atoms with E-state index >= 15 is 0 Å². The molecule has 0 aliphatic rings. The molecule has 1 aromatic carbocycles. The first-order valence-electron chi connectivity index (χ1n) is 5.30. The number of allylic oxidation sites excluding steroid dienone is 1. The fourth-order valence-electron chi connectivity index (χ4n) is 1.21. The molecule has 1 rings (SSSR count). The van der Waals surface area contributed by atoms with Crippen LogP contribution in [0, 0.1) is 0 Å². The fourth-order valence-corrected chi connectivity index (χ4v) is 2.01. The Kier molecular flexibility index (Phi) is 5.22. The number of rotatable bonds is 3. The molecule has 124 valence electrons. The van der Waals surface area contributed by atoms with Gasteiger partial charge in [-0.2, -0.15) is 34.8 Å². The van der Waals surface area contributed by atoms with Crippen molar-refractivity contribution in [3.63, 3.8) is 0 Å². The Labute approximate surface area is 129 Å². The third-order valence-electron chi connectivity index (χ3n) is 2.35. The van der Waals surface area contributed by atoms with Gasteiger partial charge in [-0.1, -0.05) is 28.1 Å². The Bertz CT molecular complexity index is 673. The zero-order chi connectivity index (χ0) is 17.3. The van der Waals surface area contributed by atoms with Crippen LogP contribution < -0.4 is 0 Å². The van der Waals surface area contributed by atoms with E-state index in [4.69, 9.17) is 0 Å². The first kappa shape index (κ1) is 18.8. The van der Waals surface area contributed by atoms with Crippen LogP contribution in [0.1, 0.15) is 12.5 Å². The lowest BCUT2D eigenvalue weighted by Crippen LogP contribution is -2.26. The summed E-state index contributed by atoms with van der Waals surface area (Å²) in [6.45, 7) is 0.420. The van der Waals surface area contributed by atoms with Crippen LogP contribution in [-0.2, 0) is 14.3 Å². The molecule has 0 fully saturated rings. The Hall–Kier alpha value is -1.23. The second-order valence-corrected chi connectivity index (χ2v) is 6.40. The van der Waals surface area contributed by atoms with Crippen LogP contribution >= 0.6 is 15.9 Å². The summed E-state index contributed by atoms with van der Waals surface area (Å²) in [4.78, 5) is 0. The third-order valence-corrected chi connectivity index (χ3v) is 3.83. The standard InChI is InChI=1S/C11H7BrF6O3S/c1-6(10(13,14)15)9(7-2-4-8(12)5-3-7)21-22(19,20)11(16,17)18/h2-5H,1H3/b9-6+. The number of hydrogen-bond donors (Lipinski definition) is 0. The van der Waals surface area contributed by atoms with Gasteiger partial charge in [-0.15, -0.1) is 0 Å². The molecule has 0 aliphatic carbocycles. The van der Waals surface area contributed by atoms with Gasteiger partial charge in [0.25, 0.3) is 0 Å². The topological polar surface area (TPSA) is 43.4 Å². The second-order valence-electron chi connectivity index (χ2n) is 3.94. The minimum absolute atomic E-state index is 0.420. The van der Waals surface area contributed by atoms with Crippen LogP contribution in [0.25, 0.3) is 5.76 Å². The molecule has 0 aromatic heterocycles. The van der Waals surface area contributed by atoms with Crippen molar-refractivity contribution < 1.29 is 38.9 Å². The molecule has 0 N–H and O–H groups in total. The van der Waals surface area contributed by atoms with Gasteiger partial charge in [0.1, 0.15) is 0 Å². The summed E-state index contributed by atoms with van der Waals surface area (Å²) in [5, 5.41) is 0. The predicted octanol–water partition coefficient (Wildman–Crippen LogP) is 4.61. The number of halogens is 7. The van der Waals surface area contributed by atoms with Crippen molar-refractivity contribution in [3.05, 3.63) is 39.9 Å². The Morgan fingerprint density at radius 1 is 1.05 bits per heavy atom. The van der Waals surface area contributed by atoms with Gasteiger partial charge in [0.2, 0.25) is 0 Å². The Morgan fingerprint density at radius 3 is 1.86 bits per heavy atom. The summed E-state index contributed by atoms with van der Waals surface area (Å²) in [5.74, 6) is -1.43. The molecule has 0 bridgehead atoms. The van der Waals surface area contributed by atoms with Gasteiger partial charge in [-0.25, -0.2) is 0 Å². The fraction of sp³-hybridized carbons (Fsp3) is 0.273. The van der Waals surface area contributed by atoms with E-state index < -0.39 is 38.7 Å². The number of benzene rings is 1. The van der Waals surface area contributed by atoms with Gasteiger partial charge in [0, 0.05) is 10.0 Å². The van der Waals surface area contributed by atoms with E-state index in [2.05, 4.69) is 20.1 Å². The minimum Gasteiger partial charge on any atom is -0.375 e. The lowest BCUT2D eigenvalue weighted by atomic mass is 10.1. The van der Waals surface area contributed by atoms with E-state index in [-0.39, 0.29) is 0 Å². The minimum atomic E-state index is -6.23. The highest BCUT2D eigenvalue weighted by atomic mass is 79.9. The van der Waals surface area contributed by atoms with Gasteiger partial charge in [0.15, 0.2) is 5.76 Å². The van der Waals surface area contributed by atoms with E-state index in [1.165, 1.54) is 12.1 Å². The quantitative estimate of drug-likeness (QED) is 0.315. The summed E-state index contributed by atoms with van der Waals surface area (Å²) in [5.41, 5.74) is -7.92. The van der Waals surface area contributed by atoms with Crippen molar-refractivity contribution >= 4 is 31.8 Å². The molecular weight excluding hydrogens is 406 g/mol. The van der Waals surface area contributed by atoms with Crippen molar-refractivity contribution in [2.75, 3.05) is 0 Å². The van der Waals surface area contributed by atoms with Crippen LogP contribution in [0.5, 0.6) is 0 Å². The van der Waals surface area contributed by atoms with Crippen LogP contribution in [-0.4, -0.2) is 20.1 Å². The molecule has 0 radical (unpaired) electrons. The van der Waals surface area contributed by atoms with Gasteiger partial charge in [-0.3, -0.25) is 0 Å². The zero-order valence-corrected chi connectivity index (χ0v) is 13.0. The molecule has 0 aliphatic heterocycles. The Balaban J connectivity index is 3.47. The average molecular weight is 413 g/mol. The van der Waals surface area contributed by atoms with Crippen molar-refractivity contribution in [1.29, 1.82) is 0 Å². The SMILES string of the molecule is C/C(=C(\OS(=O)(=O)C(F)(F)F)c1ccc(Br)cc1)C(F)(F)F. The lowest BCUT2D eigenvalue weighted by Gasteiger charge is -2.17. The summed E-state index contributed by atoms with van der Waals surface area (Å²) in [7, 11) is -6.23. The predicted molar refractivity (Wildman–Crippen MR) is 68.9 cm³/mol. The smallest absolute Gasteiger partial charge is 0.375 e. The van der Waals surface area contributed by atoms with Crippen LogP contribution in [0.3, 0.4) is 0 Å². The van der Waals surface area contributed by atoms with E-state index in [9.17, 15) is 34.8 Å². The highest BCUT2D eigenvalue weighted by Crippen LogP contribution is 2.36. The molecule has 0 atom stereocenters. The summed E-state index contributed by atoms with van der Waals surface area (Å²) in [6, 6.07) is 4.42. The van der Waals surface area contributed by atoms with E-state index in [0.717, 1.165) is 12.1 Å². The van der Waals surface area contributed by atoms with Crippen molar-refractivity contribution in [2.24, 2.45) is 0 Å². The average Bonchev–Trinajstić information content (AvgIpc) is 2.34. The molecule has 3 nitrogen and oxygen atoms in total. The highest BCUT2D eigenvalue weighted by molar-refractivity contribution is 9.10. The molecule has 0 heterocycles. The summed E-state index contributed by atoms with van der Waals surface area (Å²) >= 11 is 2.99. The molecule has 0 spiro atoms. The molecule has 0 saturated carbocycles. The first-order valence-corrected chi connectivity index (χ1v) is 7.50. The third kappa shape index (κ3) is 4.38. The monoisotopic (exact) mass is 412 g/mol.